The SMILES string of the molecule is COCC(C)(C)NC(=O)CN1C2CCC1CC(CNC(=O)c1coc3ccccc13)C2. The van der Waals surface area contributed by atoms with Crippen LogP contribution in [0.4, 0.5) is 0 Å². The molecule has 2 aromatic rings. The van der Waals surface area contributed by atoms with E-state index < -0.39 is 0 Å². The van der Waals surface area contributed by atoms with Gasteiger partial charge in [0.2, 0.25) is 5.91 Å². The Balaban J connectivity index is 1.29. The van der Waals surface area contributed by atoms with E-state index >= 15 is 0 Å². The fourth-order valence-corrected chi connectivity index (χ4v) is 5.28. The van der Waals surface area contributed by atoms with Gasteiger partial charge in [-0.05, 0) is 51.5 Å². The van der Waals surface area contributed by atoms with Crippen molar-refractivity contribution in [2.75, 3.05) is 26.8 Å². The van der Waals surface area contributed by atoms with E-state index in [1.54, 1.807) is 7.11 Å². The number of fused-ring (bicyclic) bond motifs is 3. The number of rotatable bonds is 8. The molecule has 3 heterocycles. The highest BCUT2D eigenvalue weighted by atomic mass is 16.5. The zero-order chi connectivity index (χ0) is 22.0. The number of para-hydroxylation sites is 1. The minimum absolute atomic E-state index is 0.0533. The van der Waals surface area contributed by atoms with Crippen LogP contribution in [0.3, 0.4) is 0 Å². The molecule has 7 nitrogen and oxygen atoms in total. The minimum atomic E-state index is -0.370. The third-order valence-corrected chi connectivity index (χ3v) is 6.57. The van der Waals surface area contributed by atoms with Crippen LogP contribution in [-0.2, 0) is 9.53 Å². The van der Waals surface area contributed by atoms with Crippen molar-refractivity contribution in [1.82, 2.24) is 15.5 Å². The highest BCUT2D eigenvalue weighted by molar-refractivity contribution is 6.05. The Morgan fingerprint density at radius 2 is 1.90 bits per heavy atom. The summed E-state index contributed by atoms with van der Waals surface area (Å²) < 4.78 is 10.7. The van der Waals surface area contributed by atoms with Gasteiger partial charge in [-0.25, -0.2) is 0 Å². The Morgan fingerprint density at radius 3 is 2.61 bits per heavy atom. The van der Waals surface area contributed by atoms with E-state index in [1.807, 2.05) is 38.1 Å². The maximum absolute atomic E-state index is 12.7. The maximum atomic E-state index is 12.7. The van der Waals surface area contributed by atoms with Crippen LogP contribution in [0.2, 0.25) is 0 Å². The van der Waals surface area contributed by atoms with Crippen molar-refractivity contribution in [3.05, 3.63) is 36.1 Å². The van der Waals surface area contributed by atoms with Crippen LogP contribution in [0.1, 0.15) is 49.9 Å². The van der Waals surface area contributed by atoms with Crippen molar-refractivity contribution in [3.8, 4) is 0 Å². The molecule has 2 aliphatic heterocycles. The normalized spacial score (nSPS) is 23.8. The lowest BCUT2D eigenvalue weighted by atomic mass is 9.90. The average molecular weight is 428 g/mol. The van der Waals surface area contributed by atoms with Gasteiger partial charge in [0.1, 0.15) is 11.8 Å². The molecule has 2 aliphatic rings. The number of amides is 2. The Bertz CT molecular complexity index is 924. The number of nitrogens with one attached hydrogen (secondary N) is 2. The van der Waals surface area contributed by atoms with Crippen molar-refractivity contribution in [2.24, 2.45) is 5.92 Å². The molecule has 2 bridgehead atoms. The molecule has 1 aromatic carbocycles. The second kappa shape index (κ2) is 9.01. The van der Waals surface area contributed by atoms with Gasteiger partial charge in [-0.1, -0.05) is 18.2 Å². The van der Waals surface area contributed by atoms with Gasteiger partial charge in [-0.2, -0.15) is 0 Å². The number of methoxy groups -OCH3 is 1. The average Bonchev–Trinajstić information content (AvgIpc) is 3.23. The number of furan rings is 1. The third-order valence-electron chi connectivity index (χ3n) is 6.57. The van der Waals surface area contributed by atoms with Gasteiger partial charge >= 0.3 is 0 Å². The molecule has 0 spiro atoms. The minimum Gasteiger partial charge on any atom is -0.463 e. The first-order valence-electron chi connectivity index (χ1n) is 11.2. The maximum Gasteiger partial charge on any atom is 0.255 e. The standard InChI is InChI=1S/C24H33N3O4/c1-24(2,15-30-3)26-22(28)13-27-17-8-9-18(27)11-16(10-17)12-25-23(29)20-14-31-21-7-5-4-6-19(20)21/h4-7,14,16-18H,8-13,15H2,1-3H3,(H,25,29)(H,26,28). The third kappa shape index (κ3) is 4.93. The molecule has 2 atom stereocenters. The van der Waals surface area contributed by atoms with E-state index in [0.29, 0.717) is 43.3 Å². The first kappa shape index (κ1) is 21.8. The zero-order valence-corrected chi connectivity index (χ0v) is 18.6. The van der Waals surface area contributed by atoms with Gasteiger partial charge in [0.15, 0.2) is 0 Å². The first-order valence-corrected chi connectivity index (χ1v) is 11.2. The summed E-state index contributed by atoms with van der Waals surface area (Å²) in [6.45, 7) is 5.52. The summed E-state index contributed by atoms with van der Waals surface area (Å²) in [5.74, 6) is 0.404. The Morgan fingerprint density at radius 1 is 1.19 bits per heavy atom. The molecule has 168 valence electrons. The lowest BCUT2D eigenvalue weighted by molar-refractivity contribution is -0.125. The van der Waals surface area contributed by atoms with Crippen LogP contribution >= 0.6 is 0 Å². The van der Waals surface area contributed by atoms with E-state index in [9.17, 15) is 9.59 Å². The molecule has 2 fully saturated rings. The molecule has 4 rings (SSSR count). The fraction of sp³-hybridized carbons (Fsp3) is 0.583. The number of benzene rings is 1. The second-order valence-corrected chi connectivity index (χ2v) is 9.62. The largest absolute Gasteiger partial charge is 0.463 e. The number of hydrogen-bond acceptors (Lipinski definition) is 5. The van der Waals surface area contributed by atoms with Gasteiger partial charge in [0, 0.05) is 31.1 Å². The summed E-state index contributed by atoms with van der Waals surface area (Å²) in [6, 6.07) is 8.40. The highest BCUT2D eigenvalue weighted by Gasteiger charge is 2.41. The summed E-state index contributed by atoms with van der Waals surface area (Å²) in [4.78, 5) is 27.6. The monoisotopic (exact) mass is 427 g/mol. The Kier molecular flexibility index (Phi) is 6.34. The molecule has 2 N–H and O–H groups in total. The number of ether oxygens (including phenoxy) is 1. The second-order valence-electron chi connectivity index (χ2n) is 9.62. The van der Waals surface area contributed by atoms with Crippen molar-refractivity contribution in [2.45, 2.75) is 57.2 Å². The number of piperidine rings is 1. The molecule has 2 unspecified atom stereocenters. The fourth-order valence-electron chi connectivity index (χ4n) is 5.28. The number of hydrogen-bond donors (Lipinski definition) is 2. The van der Waals surface area contributed by atoms with Crippen molar-refractivity contribution < 1.29 is 18.7 Å². The molecule has 31 heavy (non-hydrogen) atoms. The predicted octanol–water partition coefficient (Wildman–Crippen LogP) is 2.95. The summed E-state index contributed by atoms with van der Waals surface area (Å²) in [5.41, 5.74) is 0.947. The van der Waals surface area contributed by atoms with Gasteiger partial charge in [-0.15, -0.1) is 0 Å². The molecule has 7 heteroatoms. The summed E-state index contributed by atoms with van der Waals surface area (Å²) in [7, 11) is 1.65. The van der Waals surface area contributed by atoms with Crippen LogP contribution in [0.5, 0.6) is 0 Å². The summed E-state index contributed by atoms with van der Waals surface area (Å²) in [5, 5.41) is 7.03. The molecule has 0 saturated carbocycles. The van der Waals surface area contributed by atoms with Crippen LogP contribution < -0.4 is 10.6 Å². The number of carbonyl (C=O) groups is 2. The molecule has 1 aromatic heterocycles. The summed E-state index contributed by atoms with van der Waals surface area (Å²) in [6.07, 6.45) is 5.80. The molecule has 0 radical (unpaired) electrons. The predicted molar refractivity (Wildman–Crippen MR) is 119 cm³/mol. The summed E-state index contributed by atoms with van der Waals surface area (Å²) >= 11 is 0. The smallest absolute Gasteiger partial charge is 0.255 e. The van der Waals surface area contributed by atoms with Gasteiger partial charge < -0.3 is 19.8 Å². The van der Waals surface area contributed by atoms with E-state index in [2.05, 4.69) is 15.5 Å². The zero-order valence-electron chi connectivity index (χ0n) is 18.6. The lowest BCUT2D eigenvalue weighted by Gasteiger charge is -2.39. The van der Waals surface area contributed by atoms with E-state index in [1.165, 1.54) is 6.26 Å². The topological polar surface area (TPSA) is 83.8 Å². The van der Waals surface area contributed by atoms with Crippen molar-refractivity contribution in [1.29, 1.82) is 0 Å². The van der Waals surface area contributed by atoms with Gasteiger partial charge in [0.25, 0.3) is 5.91 Å². The Hall–Kier alpha value is -2.38. The van der Waals surface area contributed by atoms with Crippen LogP contribution in [-0.4, -0.2) is 61.1 Å². The quantitative estimate of drug-likeness (QED) is 0.677. The van der Waals surface area contributed by atoms with E-state index in [0.717, 1.165) is 36.7 Å². The van der Waals surface area contributed by atoms with Crippen LogP contribution in [0.25, 0.3) is 11.0 Å². The van der Waals surface area contributed by atoms with Crippen molar-refractivity contribution >= 4 is 22.8 Å². The highest BCUT2D eigenvalue weighted by Crippen LogP contribution is 2.38. The Labute approximate surface area is 183 Å². The van der Waals surface area contributed by atoms with Gasteiger partial charge in [0.05, 0.1) is 24.3 Å². The molecule has 0 aliphatic carbocycles. The number of nitrogens with zero attached hydrogens (tertiary/aromatic N) is 1. The number of carbonyl (C=O) groups excluding carboxylic acids is 2. The molecule has 2 saturated heterocycles. The van der Waals surface area contributed by atoms with Crippen LogP contribution in [0.15, 0.2) is 34.9 Å². The van der Waals surface area contributed by atoms with Crippen LogP contribution in [0, 0.1) is 5.92 Å². The van der Waals surface area contributed by atoms with E-state index in [4.69, 9.17) is 9.15 Å². The molecular weight excluding hydrogens is 394 g/mol. The molecule has 2 amide bonds. The van der Waals surface area contributed by atoms with Gasteiger partial charge in [-0.3, -0.25) is 14.5 Å². The van der Waals surface area contributed by atoms with Crippen molar-refractivity contribution in [3.63, 3.8) is 0 Å². The molecular formula is C24H33N3O4. The lowest BCUT2D eigenvalue weighted by Crippen LogP contribution is -2.53. The first-order chi connectivity index (χ1) is 14.9. The van der Waals surface area contributed by atoms with E-state index in [-0.39, 0.29) is 17.4 Å².